The summed E-state index contributed by atoms with van der Waals surface area (Å²) in [4.78, 5) is 44.4. The van der Waals surface area contributed by atoms with Gasteiger partial charge in [-0.15, -0.1) is 0 Å². The van der Waals surface area contributed by atoms with Crippen LogP contribution < -0.4 is 10.1 Å². The van der Waals surface area contributed by atoms with Crippen molar-refractivity contribution in [2.75, 3.05) is 13.7 Å². The number of amides is 2. The van der Waals surface area contributed by atoms with Crippen LogP contribution >= 0.6 is 0 Å². The van der Waals surface area contributed by atoms with E-state index in [0.717, 1.165) is 29.3 Å². The van der Waals surface area contributed by atoms with E-state index in [0.29, 0.717) is 37.3 Å². The second-order valence-electron chi connectivity index (χ2n) is 9.84. The van der Waals surface area contributed by atoms with E-state index >= 15 is 0 Å². The highest BCUT2D eigenvalue weighted by Crippen LogP contribution is 2.36. The van der Waals surface area contributed by atoms with Crippen LogP contribution in [0, 0.1) is 17.2 Å². The Morgan fingerprint density at radius 2 is 2.00 bits per heavy atom. The van der Waals surface area contributed by atoms with E-state index in [1.807, 2.05) is 48.5 Å². The molecule has 2 aliphatic rings. The molecule has 8 nitrogen and oxygen atoms in total. The van der Waals surface area contributed by atoms with E-state index in [4.69, 9.17) is 4.74 Å². The minimum atomic E-state index is -0.786. The third-order valence-corrected chi connectivity index (χ3v) is 7.65. The lowest BCUT2D eigenvalue weighted by atomic mass is 9.90. The molecule has 2 fully saturated rings. The van der Waals surface area contributed by atoms with Gasteiger partial charge in [0.2, 0.25) is 5.91 Å². The number of nitrogens with one attached hydrogen (secondary N) is 2. The molecule has 2 amide bonds. The molecule has 4 atom stereocenters. The van der Waals surface area contributed by atoms with Crippen molar-refractivity contribution in [3.05, 3.63) is 65.9 Å². The number of aromatic nitrogens is 1. The quantitative estimate of drug-likeness (QED) is 0.512. The summed E-state index contributed by atoms with van der Waals surface area (Å²) in [7, 11) is 1.58. The van der Waals surface area contributed by atoms with Gasteiger partial charge in [0.25, 0.3) is 5.91 Å². The maximum absolute atomic E-state index is 13.7. The van der Waals surface area contributed by atoms with E-state index < -0.39 is 12.1 Å². The molecule has 3 aromatic rings. The molecular formula is C29H30N4O4. The summed E-state index contributed by atoms with van der Waals surface area (Å²) in [6.07, 6.45) is 3.03. The first-order chi connectivity index (χ1) is 18.0. The molecule has 2 heterocycles. The largest absolute Gasteiger partial charge is 0.496 e. The zero-order chi connectivity index (χ0) is 25.9. The summed E-state index contributed by atoms with van der Waals surface area (Å²) in [6.45, 7) is 0.404. The van der Waals surface area contributed by atoms with E-state index in [1.54, 1.807) is 18.1 Å². The average molecular weight is 499 g/mol. The van der Waals surface area contributed by atoms with Gasteiger partial charge < -0.3 is 19.9 Å². The normalized spacial score (nSPS) is 22.1. The van der Waals surface area contributed by atoms with Crippen molar-refractivity contribution in [3.63, 3.8) is 0 Å². The highest BCUT2D eigenvalue weighted by atomic mass is 16.5. The van der Waals surface area contributed by atoms with Crippen LogP contribution in [0.25, 0.3) is 10.9 Å². The lowest BCUT2D eigenvalue weighted by Gasteiger charge is -2.28. The second kappa shape index (κ2) is 10.5. The van der Waals surface area contributed by atoms with Crippen LogP contribution in [0.5, 0.6) is 5.75 Å². The molecule has 0 spiro atoms. The fourth-order valence-electron chi connectivity index (χ4n) is 5.79. The molecule has 2 aromatic carbocycles. The zero-order valence-electron chi connectivity index (χ0n) is 20.8. The van der Waals surface area contributed by atoms with Gasteiger partial charge in [-0.25, -0.2) is 0 Å². The van der Waals surface area contributed by atoms with Crippen LogP contribution in [0.4, 0.5) is 0 Å². The Balaban J connectivity index is 1.43. The third-order valence-electron chi connectivity index (χ3n) is 7.65. The highest BCUT2D eigenvalue weighted by Gasteiger charge is 2.44. The van der Waals surface area contributed by atoms with Crippen molar-refractivity contribution >= 4 is 28.5 Å². The highest BCUT2D eigenvalue weighted by molar-refractivity contribution is 6.02. The van der Waals surface area contributed by atoms with Crippen molar-refractivity contribution in [2.45, 2.75) is 50.1 Å². The summed E-state index contributed by atoms with van der Waals surface area (Å²) in [5, 5.41) is 13.4. The first-order valence-electron chi connectivity index (χ1n) is 12.7. The molecular weight excluding hydrogens is 468 g/mol. The van der Waals surface area contributed by atoms with Crippen LogP contribution in [-0.2, 0) is 9.59 Å². The standard InChI is InChI=1S/C29H30N4O4/c1-37-26-12-6-10-23-22(26)16-24(32-23)29(36)33-14-13-21(18-7-3-2-4-8-18)27(33)28(35)31-20(17-30)15-19-9-5-11-25(19)34/h2-4,6-8,10,12,16,19-21,27,32H,5,9,11,13-15H2,1H3,(H,31,35)/t19-,20-,21?,27-/m0/s1. The molecule has 1 saturated heterocycles. The SMILES string of the molecule is COc1cccc2[nH]c(C(=O)N3CCC(c4ccccc4)[C@H]3C(=O)N[C@H](C#N)C[C@@H]3CCCC3=O)cc12. The Bertz CT molecular complexity index is 1360. The van der Waals surface area contributed by atoms with Gasteiger partial charge in [0.15, 0.2) is 0 Å². The number of H-pyrrole nitrogens is 1. The summed E-state index contributed by atoms with van der Waals surface area (Å²) >= 11 is 0. The van der Waals surface area contributed by atoms with Crippen LogP contribution in [-0.4, -0.2) is 53.2 Å². The van der Waals surface area contributed by atoms with Gasteiger partial charge >= 0.3 is 0 Å². The van der Waals surface area contributed by atoms with Crippen molar-refractivity contribution < 1.29 is 19.1 Å². The molecule has 1 aliphatic carbocycles. The molecule has 1 aliphatic heterocycles. The lowest BCUT2D eigenvalue weighted by Crippen LogP contribution is -2.50. The number of hydrogen-bond acceptors (Lipinski definition) is 5. The Hall–Kier alpha value is -4.12. The van der Waals surface area contributed by atoms with Gasteiger partial charge in [-0.05, 0) is 49.4 Å². The van der Waals surface area contributed by atoms with Gasteiger partial charge in [-0.1, -0.05) is 36.4 Å². The van der Waals surface area contributed by atoms with Gasteiger partial charge in [0.1, 0.15) is 29.3 Å². The number of carbonyl (C=O) groups is 3. The number of nitrogens with zero attached hydrogens (tertiary/aromatic N) is 2. The number of benzene rings is 2. The predicted octanol–water partition coefficient (Wildman–Crippen LogP) is 3.94. The number of nitriles is 1. The first-order valence-corrected chi connectivity index (χ1v) is 12.7. The Morgan fingerprint density at radius 1 is 1.19 bits per heavy atom. The van der Waals surface area contributed by atoms with Gasteiger partial charge in [-0.2, -0.15) is 5.26 Å². The van der Waals surface area contributed by atoms with Crippen molar-refractivity contribution in [1.29, 1.82) is 5.26 Å². The first kappa shape index (κ1) is 24.6. The summed E-state index contributed by atoms with van der Waals surface area (Å²) in [6, 6.07) is 17.6. The number of ether oxygens (including phenoxy) is 1. The molecule has 0 bridgehead atoms. The number of methoxy groups -OCH3 is 1. The van der Waals surface area contributed by atoms with Crippen LogP contribution in [0.3, 0.4) is 0 Å². The zero-order valence-corrected chi connectivity index (χ0v) is 20.8. The fraction of sp³-hybridized carbons (Fsp3) is 0.379. The van der Waals surface area contributed by atoms with Crippen LogP contribution in [0.15, 0.2) is 54.6 Å². The summed E-state index contributed by atoms with van der Waals surface area (Å²) < 4.78 is 5.43. The molecule has 5 rings (SSSR count). The molecule has 0 radical (unpaired) electrons. The van der Waals surface area contributed by atoms with E-state index in [2.05, 4.69) is 16.4 Å². The van der Waals surface area contributed by atoms with Crippen molar-refractivity contribution in [3.8, 4) is 11.8 Å². The Labute approximate surface area is 215 Å². The number of ketones is 1. The number of likely N-dealkylation sites (tertiary alicyclic amines) is 1. The second-order valence-corrected chi connectivity index (χ2v) is 9.84. The summed E-state index contributed by atoms with van der Waals surface area (Å²) in [5.74, 6) is -0.247. The predicted molar refractivity (Wildman–Crippen MR) is 138 cm³/mol. The fourth-order valence-corrected chi connectivity index (χ4v) is 5.79. The molecule has 2 N–H and O–H groups in total. The van der Waals surface area contributed by atoms with E-state index in [9.17, 15) is 19.6 Å². The monoisotopic (exact) mass is 498 g/mol. The Kier molecular flexibility index (Phi) is 6.95. The van der Waals surface area contributed by atoms with Gasteiger partial charge in [0.05, 0.1) is 13.2 Å². The minimum Gasteiger partial charge on any atom is -0.496 e. The lowest BCUT2D eigenvalue weighted by molar-refractivity contribution is -0.126. The number of Topliss-reactive ketones (excluding diaryl/α,β-unsaturated/α-hetero) is 1. The molecule has 1 unspecified atom stereocenters. The third kappa shape index (κ3) is 4.82. The number of aromatic amines is 1. The maximum Gasteiger partial charge on any atom is 0.271 e. The van der Waals surface area contributed by atoms with Crippen LogP contribution in [0.2, 0.25) is 0 Å². The molecule has 190 valence electrons. The molecule has 1 saturated carbocycles. The minimum absolute atomic E-state index is 0.156. The van der Waals surface area contributed by atoms with Gasteiger partial charge in [-0.3, -0.25) is 14.4 Å². The van der Waals surface area contributed by atoms with E-state index in [1.165, 1.54) is 0 Å². The summed E-state index contributed by atoms with van der Waals surface area (Å²) in [5.41, 5.74) is 2.11. The Morgan fingerprint density at radius 3 is 2.70 bits per heavy atom. The topological polar surface area (TPSA) is 115 Å². The molecule has 1 aromatic heterocycles. The van der Waals surface area contributed by atoms with E-state index in [-0.39, 0.29) is 29.4 Å². The van der Waals surface area contributed by atoms with Crippen LogP contribution in [0.1, 0.15) is 54.1 Å². The number of carbonyl (C=O) groups excluding carboxylic acids is 3. The number of fused-ring (bicyclic) bond motifs is 1. The van der Waals surface area contributed by atoms with Crippen molar-refractivity contribution in [1.82, 2.24) is 15.2 Å². The van der Waals surface area contributed by atoms with Crippen molar-refractivity contribution in [2.24, 2.45) is 5.92 Å². The number of rotatable bonds is 7. The number of hydrogen-bond donors (Lipinski definition) is 2. The molecule has 8 heteroatoms. The average Bonchev–Trinajstić information content (AvgIpc) is 3.66. The molecule has 37 heavy (non-hydrogen) atoms. The van der Waals surface area contributed by atoms with Gasteiger partial charge in [0, 0.05) is 35.7 Å². The maximum atomic E-state index is 13.7. The smallest absolute Gasteiger partial charge is 0.271 e.